The molecule has 3 aromatic carbocycles. The number of nitrogens with two attached hydrogens (primary N) is 2. The third-order valence-corrected chi connectivity index (χ3v) is 3.55. The van der Waals surface area contributed by atoms with E-state index in [0.29, 0.717) is 22.5 Å². The van der Waals surface area contributed by atoms with Crippen LogP contribution in [0.2, 0.25) is 0 Å². The van der Waals surface area contributed by atoms with Crippen LogP contribution in [-0.4, -0.2) is 5.78 Å². The van der Waals surface area contributed by atoms with Crippen molar-refractivity contribution in [2.45, 2.75) is 0 Å². The molecular weight excluding hydrogens is 272 g/mol. The molecule has 0 bridgehead atoms. The van der Waals surface area contributed by atoms with Gasteiger partial charge in [-0.05, 0) is 35.4 Å². The second-order valence-electron chi connectivity index (χ2n) is 5.12. The summed E-state index contributed by atoms with van der Waals surface area (Å²) < 4.78 is 0. The molecule has 0 saturated carbocycles. The fourth-order valence-corrected chi connectivity index (χ4v) is 2.41. The molecule has 0 aliphatic rings. The second-order valence-corrected chi connectivity index (χ2v) is 5.12. The molecule has 0 saturated heterocycles. The van der Waals surface area contributed by atoms with Gasteiger partial charge in [-0.1, -0.05) is 48.5 Å². The van der Waals surface area contributed by atoms with Crippen molar-refractivity contribution in [3.8, 4) is 11.1 Å². The first-order chi connectivity index (χ1) is 10.6. The summed E-state index contributed by atoms with van der Waals surface area (Å²) in [6.07, 6.45) is 0. The Hall–Kier alpha value is -3.07. The average molecular weight is 288 g/mol. The first kappa shape index (κ1) is 13.9. The smallest absolute Gasteiger partial charge is 0.193 e. The predicted molar refractivity (Wildman–Crippen MR) is 90.6 cm³/mol. The number of benzene rings is 3. The van der Waals surface area contributed by atoms with Crippen LogP contribution in [0, 0.1) is 0 Å². The summed E-state index contributed by atoms with van der Waals surface area (Å²) in [6, 6.07) is 22.0. The molecular formula is C19H16N2O. The highest BCUT2D eigenvalue weighted by atomic mass is 16.1. The van der Waals surface area contributed by atoms with E-state index in [9.17, 15) is 4.79 Å². The number of nitrogen functional groups attached to an aromatic ring is 2. The molecule has 22 heavy (non-hydrogen) atoms. The fraction of sp³-hybridized carbons (Fsp3) is 0. The van der Waals surface area contributed by atoms with Crippen LogP contribution < -0.4 is 11.5 Å². The van der Waals surface area contributed by atoms with Gasteiger partial charge in [0.1, 0.15) is 0 Å². The summed E-state index contributed by atoms with van der Waals surface area (Å²) in [7, 11) is 0. The fourth-order valence-electron chi connectivity index (χ4n) is 2.41. The summed E-state index contributed by atoms with van der Waals surface area (Å²) in [5.41, 5.74) is 15.9. The SMILES string of the molecule is Nc1ccc(-c2ccc(N)cc2C(=O)c2ccccc2)cc1. The van der Waals surface area contributed by atoms with Gasteiger partial charge in [0.25, 0.3) is 0 Å². The van der Waals surface area contributed by atoms with Crippen molar-refractivity contribution >= 4 is 17.2 Å². The lowest BCUT2D eigenvalue weighted by molar-refractivity contribution is 0.103. The first-order valence-electron chi connectivity index (χ1n) is 7.00. The van der Waals surface area contributed by atoms with Crippen molar-refractivity contribution in [3.05, 3.63) is 83.9 Å². The predicted octanol–water partition coefficient (Wildman–Crippen LogP) is 3.75. The summed E-state index contributed by atoms with van der Waals surface area (Å²) in [6.45, 7) is 0. The maximum atomic E-state index is 12.8. The van der Waals surface area contributed by atoms with E-state index in [-0.39, 0.29) is 5.78 Å². The van der Waals surface area contributed by atoms with Crippen molar-refractivity contribution in [1.82, 2.24) is 0 Å². The molecule has 4 N–H and O–H groups in total. The molecule has 3 aromatic rings. The van der Waals surface area contributed by atoms with Crippen LogP contribution in [0.15, 0.2) is 72.8 Å². The molecule has 0 amide bonds. The van der Waals surface area contributed by atoms with Gasteiger partial charge in [0.2, 0.25) is 0 Å². The van der Waals surface area contributed by atoms with Crippen LogP contribution in [0.3, 0.4) is 0 Å². The van der Waals surface area contributed by atoms with E-state index in [1.807, 2.05) is 48.5 Å². The first-order valence-corrected chi connectivity index (χ1v) is 7.00. The van der Waals surface area contributed by atoms with Gasteiger partial charge in [-0.3, -0.25) is 4.79 Å². The Morgan fingerprint density at radius 2 is 1.36 bits per heavy atom. The van der Waals surface area contributed by atoms with E-state index in [1.165, 1.54) is 0 Å². The normalized spacial score (nSPS) is 10.4. The maximum Gasteiger partial charge on any atom is 0.193 e. The minimum absolute atomic E-state index is 0.0419. The highest BCUT2D eigenvalue weighted by molar-refractivity contribution is 6.13. The third kappa shape index (κ3) is 2.69. The van der Waals surface area contributed by atoms with Crippen molar-refractivity contribution in [2.24, 2.45) is 0 Å². The number of hydrogen-bond donors (Lipinski definition) is 2. The molecule has 0 aliphatic carbocycles. The summed E-state index contributed by atoms with van der Waals surface area (Å²) >= 11 is 0. The summed E-state index contributed by atoms with van der Waals surface area (Å²) in [4.78, 5) is 12.8. The monoisotopic (exact) mass is 288 g/mol. The quantitative estimate of drug-likeness (QED) is 0.569. The number of carbonyl (C=O) groups excluding carboxylic acids is 1. The average Bonchev–Trinajstić information content (AvgIpc) is 2.56. The standard InChI is InChI=1S/C19H16N2O/c20-15-8-6-13(7-9-15)17-11-10-16(21)12-18(17)19(22)14-4-2-1-3-5-14/h1-12H,20-21H2. The van der Waals surface area contributed by atoms with Crippen LogP contribution in [0.1, 0.15) is 15.9 Å². The van der Waals surface area contributed by atoms with Gasteiger partial charge in [0.05, 0.1) is 0 Å². The molecule has 0 spiro atoms. The molecule has 108 valence electrons. The zero-order valence-corrected chi connectivity index (χ0v) is 12.0. The molecule has 0 fully saturated rings. The van der Waals surface area contributed by atoms with Gasteiger partial charge in [0.15, 0.2) is 5.78 Å². The Labute approximate surface area is 129 Å². The molecule has 3 heteroatoms. The Morgan fingerprint density at radius 3 is 2.05 bits per heavy atom. The lowest BCUT2D eigenvalue weighted by atomic mass is 9.93. The molecule has 3 rings (SSSR count). The number of anilines is 2. The molecule has 0 unspecified atom stereocenters. The molecule has 0 aliphatic heterocycles. The van der Waals surface area contributed by atoms with Crippen molar-refractivity contribution in [3.63, 3.8) is 0 Å². The van der Waals surface area contributed by atoms with Crippen LogP contribution in [0.5, 0.6) is 0 Å². The van der Waals surface area contributed by atoms with Crippen LogP contribution in [0.4, 0.5) is 11.4 Å². The van der Waals surface area contributed by atoms with E-state index in [4.69, 9.17) is 11.5 Å². The second kappa shape index (κ2) is 5.74. The molecule has 0 radical (unpaired) electrons. The van der Waals surface area contributed by atoms with E-state index in [0.717, 1.165) is 11.1 Å². The van der Waals surface area contributed by atoms with E-state index < -0.39 is 0 Å². The molecule has 3 nitrogen and oxygen atoms in total. The lowest BCUT2D eigenvalue weighted by Crippen LogP contribution is -2.04. The minimum atomic E-state index is -0.0419. The summed E-state index contributed by atoms with van der Waals surface area (Å²) in [5, 5.41) is 0. The van der Waals surface area contributed by atoms with E-state index in [1.54, 1.807) is 24.3 Å². The topological polar surface area (TPSA) is 69.1 Å². The van der Waals surface area contributed by atoms with Crippen molar-refractivity contribution in [2.75, 3.05) is 11.5 Å². The maximum absolute atomic E-state index is 12.8. The largest absolute Gasteiger partial charge is 0.399 e. The van der Waals surface area contributed by atoms with Crippen LogP contribution in [-0.2, 0) is 0 Å². The Morgan fingerprint density at radius 1 is 0.727 bits per heavy atom. The number of rotatable bonds is 3. The van der Waals surface area contributed by atoms with Gasteiger partial charge >= 0.3 is 0 Å². The van der Waals surface area contributed by atoms with Gasteiger partial charge in [-0.2, -0.15) is 0 Å². The lowest BCUT2D eigenvalue weighted by Gasteiger charge is -2.10. The number of hydrogen-bond acceptors (Lipinski definition) is 3. The summed E-state index contributed by atoms with van der Waals surface area (Å²) in [5.74, 6) is -0.0419. The zero-order chi connectivity index (χ0) is 15.5. The van der Waals surface area contributed by atoms with Crippen molar-refractivity contribution in [1.29, 1.82) is 0 Å². The third-order valence-electron chi connectivity index (χ3n) is 3.55. The highest BCUT2D eigenvalue weighted by Crippen LogP contribution is 2.28. The molecule has 0 atom stereocenters. The molecule has 0 heterocycles. The van der Waals surface area contributed by atoms with Crippen LogP contribution >= 0.6 is 0 Å². The minimum Gasteiger partial charge on any atom is -0.399 e. The van der Waals surface area contributed by atoms with E-state index >= 15 is 0 Å². The van der Waals surface area contributed by atoms with E-state index in [2.05, 4.69) is 0 Å². The Bertz CT molecular complexity index is 809. The highest BCUT2D eigenvalue weighted by Gasteiger charge is 2.15. The van der Waals surface area contributed by atoms with Crippen LogP contribution in [0.25, 0.3) is 11.1 Å². The number of ketones is 1. The van der Waals surface area contributed by atoms with Crippen molar-refractivity contribution < 1.29 is 4.79 Å². The number of carbonyl (C=O) groups is 1. The molecule has 0 aromatic heterocycles. The Balaban J connectivity index is 2.13. The van der Waals surface area contributed by atoms with Gasteiger partial charge in [-0.15, -0.1) is 0 Å². The van der Waals surface area contributed by atoms with Gasteiger partial charge in [0, 0.05) is 22.5 Å². The van der Waals surface area contributed by atoms with Gasteiger partial charge in [-0.25, -0.2) is 0 Å². The van der Waals surface area contributed by atoms with Gasteiger partial charge < -0.3 is 11.5 Å². The Kier molecular flexibility index (Phi) is 3.62. The zero-order valence-electron chi connectivity index (χ0n) is 12.0.